The summed E-state index contributed by atoms with van der Waals surface area (Å²) in [6.07, 6.45) is 4.44. The Morgan fingerprint density at radius 1 is 1.60 bits per heavy atom. The van der Waals surface area contributed by atoms with Crippen LogP contribution in [0.4, 0.5) is 5.82 Å². The molecule has 1 saturated carbocycles. The summed E-state index contributed by atoms with van der Waals surface area (Å²) in [5.41, 5.74) is 7.12. The lowest BCUT2D eigenvalue weighted by Crippen LogP contribution is -2.28. The smallest absolute Gasteiger partial charge is 0.133 e. The van der Waals surface area contributed by atoms with Crippen LogP contribution in [0.15, 0.2) is 18.3 Å². The van der Waals surface area contributed by atoms with Gasteiger partial charge >= 0.3 is 0 Å². The molecule has 15 heavy (non-hydrogen) atoms. The van der Waals surface area contributed by atoms with Crippen LogP contribution in [0.5, 0.6) is 0 Å². The van der Waals surface area contributed by atoms with E-state index in [1.165, 1.54) is 12.8 Å². The molecule has 0 saturated heterocycles. The summed E-state index contributed by atoms with van der Waals surface area (Å²) in [6.45, 7) is 5.21. The van der Waals surface area contributed by atoms with Crippen molar-refractivity contribution in [1.29, 1.82) is 0 Å². The van der Waals surface area contributed by atoms with Crippen LogP contribution in [0.3, 0.4) is 0 Å². The van der Waals surface area contributed by atoms with Crippen LogP contribution >= 0.6 is 0 Å². The molecule has 1 aromatic heterocycles. The second-order valence-corrected chi connectivity index (χ2v) is 4.22. The molecule has 3 nitrogen and oxygen atoms in total. The van der Waals surface area contributed by atoms with E-state index >= 15 is 0 Å². The van der Waals surface area contributed by atoms with Gasteiger partial charge < -0.3 is 10.6 Å². The minimum absolute atomic E-state index is 0.0569. The lowest BCUT2D eigenvalue weighted by molar-refractivity contribution is 0.759. The van der Waals surface area contributed by atoms with Crippen molar-refractivity contribution in [2.45, 2.75) is 38.8 Å². The van der Waals surface area contributed by atoms with Crippen molar-refractivity contribution >= 4 is 5.82 Å². The van der Waals surface area contributed by atoms with E-state index in [0.717, 1.165) is 17.9 Å². The van der Waals surface area contributed by atoms with Crippen LogP contribution < -0.4 is 10.6 Å². The molecule has 0 radical (unpaired) electrons. The van der Waals surface area contributed by atoms with Crippen molar-refractivity contribution in [3.05, 3.63) is 23.9 Å². The third-order valence-electron chi connectivity index (χ3n) is 2.91. The normalized spacial score (nSPS) is 17.5. The number of nitrogens with zero attached hydrogens (tertiary/aromatic N) is 2. The number of aromatic nitrogens is 1. The van der Waals surface area contributed by atoms with Gasteiger partial charge in [-0.3, -0.25) is 0 Å². The van der Waals surface area contributed by atoms with Crippen LogP contribution in [-0.4, -0.2) is 17.6 Å². The quantitative estimate of drug-likeness (QED) is 0.818. The average molecular weight is 205 g/mol. The fourth-order valence-electron chi connectivity index (χ4n) is 1.97. The summed E-state index contributed by atoms with van der Waals surface area (Å²) in [5, 5.41) is 0. The fraction of sp³-hybridized carbons (Fsp3) is 0.583. The van der Waals surface area contributed by atoms with Crippen molar-refractivity contribution < 1.29 is 0 Å². The highest BCUT2D eigenvalue weighted by molar-refractivity contribution is 5.50. The minimum Gasteiger partial charge on any atom is -0.354 e. The van der Waals surface area contributed by atoms with Gasteiger partial charge in [-0.1, -0.05) is 6.07 Å². The van der Waals surface area contributed by atoms with E-state index in [4.69, 9.17) is 5.73 Å². The summed E-state index contributed by atoms with van der Waals surface area (Å²) in [7, 11) is 0. The van der Waals surface area contributed by atoms with Crippen molar-refractivity contribution in [2.75, 3.05) is 11.4 Å². The van der Waals surface area contributed by atoms with Crippen LogP contribution in [0.25, 0.3) is 0 Å². The summed E-state index contributed by atoms with van der Waals surface area (Å²) >= 11 is 0. The molecule has 1 atom stereocenters. The average Bonchev–Trinajstić information content (AvgIpc) is 3.04. The Kier molecular flexibility index (Phi) is 2.91. The molecule has 1 aliphatic carbocycles. The molecule has 0 amide bonds. The number of rotatable bonds is 4. The van der Waals surface area contributed by atoms with Gasteiger partial charge in [-0.2, -0.15) is 0 Å². The molecule has 82 valence electrons. The molecular weight excluding hydrogens is 186 g/mol. The Bertz CT molecular complexity index is 331. The van der Waals surface area contributed by atoms with Crippen LogP contribution in [0.2, 0.25) is 0 Å². The molecule has 1 aromatic rings. The summed E-state index contributed by atoms with van der Waals surface area (Å²) in [6, 6.07) is 4.80. The first-order valence-corrected chi connectivity index (χ1v) is 5.71. The van der Waals surface area contributed by atoms with Crippen molar-refractivity contribution in [3.8, 4) is 0 Å². The predicted octanol–water partition coefficient (Wildman–Crippen LogP) is 2.09. The maximum atomic E-state index is 5.96. The summed E-state index contributed by atoms with van der Waals surface area (Å²) in [4.78, 5) is 6.85. The van der Waals surface area contributed by atoms with Gasteiger partial charge in [-0.15, -0.1) is 0 Å². The molecule has 1 heterocycles. The topological polar surface area (TPSA) is 42.2 Å². The Morgan fingerprint density at radius 3 is 2.87 bits per heavy atom. The molecule has 0 aliphatic heterocycles. The van der Waals surface area contributed by atoms with Gasteiger partial charge in [0.05, 0.1) is 0 Å². The van der Waals surface area contributed by atoms with E-state index < -0.39 is 0 Å². The van der Waals surface area contributed by atoms with Gasteiger partial charge in [-0.05, 0) is 32.8 Å². The molecule has 1 aliphatic rings. The summed E-state index contributed by atoms with van der Waals surface area (Å²) in [5.74, 6) is 1.08. The molecule has 2 N–H and O–H groups in total. The van der Waals surface area contributed by atoms with Crippen LogP contribution in [-0.2, 0) is 0 Å². The van der Waals surface area contributed by atoms with E-state index in [0.29, 0.717) is 6.04 Å². The van der Waals surface area contributed by atoms with Crippen LogP contribution in [0.1, 0.15) is 38.3 Å². The van der Waals surface area contributed by atoms with E-state index in [9.17, 15) is 0 Å². The lowest BCUT2D eigenvalue weighted by atomic mass is 10.1. The summed E-state index contributed by atoms with van der Waals surface area (Å²) < 4.78 is 0. The van der Waals surface area contributed by atoms with Crippen LogP contribution in [0, 0.1) is 0 Å². The largest absolute Gasteiger partial charge is 0.354 e. The van der Waals surface area contributed by atoms with Gasteiger partial charge in [0.1, 0.15) is 5.82 Å². The van der Waals surface area contributed by atoms with Gasteiger partial charge in [0.15, 0.2) is 0 Å². The Morgan fingerprint density at radius 2 is 2.33 bits per heavy atom. The Hall–Kier alpha value is -1.09. The van der Waals surface area contributed by atoms with Crippen molar-refractivity contribution in [2.24, 2.45) is 5.73 Å². The number of hydrogen-bond donors (Lipinski definition) is 1. The molecule has 2 rings (SSSR count). The first-order chi connectivity index (χ1) is 7.24. The molecule has 0 aromatic carbocycles. The number of pyridine rings is 1. The molecule has 0 unspecified atom stereocenters. The monoisotopic (exact) mass is 205 g/mol. The highest BCUT2D eigenvalue weighted by Crippen LogP contribution is 2.33. The Labute approximate surface area is 91.3 Å². The van der Waals surface area contributed by atoms with E-state index in [1.54, 1.807) is 0 Å². The highest BCUT2D eigenvalue weighted by atomic mass is 15.2. The molecule has 3 heteroatoms. The zero-order valence-electron chi connectivity index (χ0n) is 9.48. The number of anilines is 1. The second-order valence-electron chi connectivity index (χ2n) is 4.22. The first-order valence-electron chi connectivity index (χ1n) is 5.71. The van der Waals surface area contributed by atoms with Crippen molar-refractivity contribution in [3.63, 3.8) is 0 Å². The van der Waals surface area contributed by atoms with Gasteiger partial charge in [0, 0.05) is 30.4 Å². The standard InChI is InChI=1S/C12H19N3/c1-3-15(10-6-7-10)12-11(9(2)13)5-4-8-14-12/h4-5,8-10H,3,6-7,13H2,1-2H3/t9-/m0/s1. The number of nitrogens with two attached hydrogens (primary N) is 1. The molecule has 0 bridgehead atoms. The third kappa shape index (κ3) is 2.12. The molecule has 1 fully saturated rings. The van der Waals surface area contributed by atoms with Gasteiger partial charge in [0.25, 0.3) is 0 Å². The fourth-order valence-corrected chi connectivity index (χ4v) is 1.97. The van der Waals surface area contributed by atoms with E-state index in [2.05, 4.69) is 22.9 Å². The van der Waals surface area contributed by atoms with Gasteiger partial charge in [0.2, 0.25) is 0 Å². The first kappa shape index (κ1) is 10.4. The van der Waals surface area contributed by atoms with Crippen molar-refractivity contribution in [1.82, 2.24) is 4.98 Å². The lowest BCUT2D eigenvalue weighted by Gasteiger charge is -2.25. The zero-order valence-corrected chi connectivity index (χ0v) is 9.48. The van der Waals surface area contributed by atoms with Gasteiger partial charge in [-0.25, -0.2) is 4.98 Å². The SMILES string of the molecule is CCN(c1ncccc1[C@H](C)N)C1CC1. The molecule has 0 spiro atoms. The predicted molar refractivity (Wildman–Crippen MR) is 62.9 cm³/mol. The third-order valence-corrected chi connectivity index (χ3v) is 2.91. The van der Waals surface area contributed by atoms with E-state index in [-0.39, 0.29) is 6.04 Å². The maximum Gasteiger partial charge on any atom is 0.133 e. The Balaban J connectivity index is 2.31. The zero-order chi connectivity index (χ0) is 10.8. The number of hydrogen-bond acceptors (Lipinski definition) is 3. The molecular formula is C12H19N3. The highest BCUT2D eigenvalue weighted by Gasteiger charge is 2.30. The minimum atomic E-state index is 0.0569. The second kappa shape index (κ2) is 4.19. The maximum absolute atomic E-state index is 5.96. The van der Waals surface area contributed by atoms with E-state index in [1.807, 2.05) is 19.2 Å².